The van der Waals surface area contributed by atoms with Crippen LogP contribution in [-0.2, 0) is 4.74 Å². The maximum atomic E-state index is 5.71. The lowest BCUT2D eigenvalue weighted by atomic mass is 9.93. The highest BCUT2D eigenvalue weighted by Gasteiger charge is 2.36. The highest BCUT2D eigenvalue weighted by molar-refractivity contribution is 5.85. The van der Waals surface area contributed by atoms with Crippen molar-refractivity contribution in [1.82, 2.24) is 5.32 Å². The molecule has 72 valence electrons. The van der Waals surface area contributed by atoms with Crippen LogP contribution in [0.3, 0.4) is 0 Å². The van der Waals surface area contributed by atoms with E-state index in [0.717, 1.165) is 19.1 Å². The molecule has 0 bridgehead atoms. The normalized spacial score (nSPS) is 34.0. The van der Waals surface area contributed by atoms with E-state index in [-0.39, 0.29) is 12.4 Å². The second-order valence-electron chi connectivity index (χ2n) is 4.61. The molecule has 0 aromatic carbocycles. The Morgan fingerprint density at radius 3 is 2.42 bits per heavy atom. The van der Waals surface area contributed by atoms with Crippen LogP contribution in [0.5, 0.6) is 0 Å². The van der Waals surface area contributed by atoms with Gasteiger partial charge in [0.2, 0.25) is 0 Å². The zero-order valence-corrected chi connectivity index (χ0v) is 8.62. The molecule has 1 unspecified atom stereocenters. The van der Waals surface area contributed by atoms with Gasteiger partial charge < -0.3 is 4.74 Å². The lowest BCUT2D eigenvalue weighted by molar-refractivity contribution is -0.0676. The summed E-state index contributed by atoms with van der Waals surface area (Å²) in [5, 5.41) is 3.45. The van der Waals surface area contributed by atoms with Crippen molar-refractivity contribution in [1.29, 1.82) is 0 Å². The first kappa shape index (κ1) is 10.3. The Balaban J connectivity index is 0.000000720. The number of ether oxygens (including phenoxy) is 1. The Morgan fingerprint density at radius 2 is 2.00 bits per heavy atom. The van der Waals surface area contributed by atoms with Crippen molar-refractivity contribution in [3.05, 3.63) is 0 Å². The average molecular weight is 192 g/mol. The van der Waals surface area contributed by atoms with E-state index in [1.165, 1.54) is 12.8 Å². The van der Waals surface area contributed by atoms with Crippen molar-refractivity contribution in [2.45, 2.75) is 32.9 Å². The van der Waals surface area contributed by atoms with Gasteiger partial charge in [-0.2, -0.15) is 0 Å². The van der Waals surface area contributed by atoms with E-state index in [1.54, 1.807) is 0 Å². The molecule has 12 heavy (non-hydrogen) atoms. The molecule has 2 fully saturated rings. The quantitative estimate of drug-likeness (QED) is 0.683. The SMILES string of the molecule is CC1(C)CNC(C2CC2)OC1.Cl. The van der Waals surface area contributed by atoms with Gasteiger partial charge in [0.15, 0.2) is 0 Å². The molecule has 2 aliphatic rings. The Morgan fingerprint density at radius 1 is 1.33 bits per heavy atom. The molecule has 2 nitrogen and oxygen atoms in total. The summed E-state index contributed by atoms with van der Waals surface area (Å²) in [6, 6.07) is 0. The number of hydrogen-bond donors (Lipinski definition) is 1. The zero-order chi connectivity index (χ0) is 7.90. The smallest absolute Gasteiger partial charge is 0.111 e. The zero-order valence-electron chi connectivity index (χ0n) is 7.80. The van der Waals surface area contributed by atoms with E-state index in [9.17, 15) is 0 Å². The molecule has 1 N–H and O–H groups in total. The summed E-state index contributed by atoms with van der Waals surface area (Å²) >= 11 is 0. The second-order valence-corrected chi connectivity index (χ2v) is 4.61. The molecule has 0 aromatic heterocycles. The lowest BCUT2D eigenvalue weighted by Crippen LogP contribution is -2.48. The Hall–Kier alpha value is 0.210. The minimum atomic E-state index is 0. The Kier molecular flexibility index (Phi) is 3.02. The van der Waals surface area contributed by atoms with Gasteiger partial charge in [0.1, 0.15) is 6.23 Å². The van der Waals surface area contributed by atoms with Gasteiger partial charge in [0.25, 0.3) is 0 Å². The summed E-state index contributed by atoms with van der Waals surface area (Å²) in [7, 11) is 0. The average Bonchev–Trinajstić information content (AvgIpc) is 2.70. The highest BCUT2D eigenvalue weighted by atomic mass is 35.5. The van der Waals surface area contributed by atoms with Gasteiger partial charge in [0, 0.05) is 12.0 Å². The second kappa shape index (κ2) is 3.52. The van der Waals surface area contributed by atoms with Gasteiger partial charge in [0.05, 0.1) is 6.61 Å². The molecule has 0 spiro atoms. The van der Waals surface area contributed by atoms with Gasteiger partial charge in [-0.1, -0.05) is 13.8 Å². The predicted molar refractivity (Wildman–Crippen MR) is 51.5 cm³/mol. The summed E-state index contributed by atoms with van der Waals surface area (Å²) in [4.78, 5) is 0. The predicted octanol–water partition coefficient (Wildman–Crippen LogP) is 1.79. The van der Waals surface area contributed by atoms with Crippen molar-refractivity contribution in [3.8, 4) is 0 Å². The third kappa shape index (κ3) is 2.35. The fourth-order valence-electron chi connectivity index (χ4n) is 1.50. The fourth-order valence-corrected chi connectivity index (χ4v) is 1.50. The molecule has 0 radical (unpaired) electrons. The maximum absolute atomic E-state index is 5.71. The van der Waals surface area contributed by atoms with E-state index in [1.807, 2.05) is 0 Å². The van der Waals surface area contributed by atoms with E-state index < -0.39 is 0 Å². The first-order chi connectivity index (χ1) is 5.17. The molecule has 1 saturated carbocycles. The minimum Gasteiger partial charge on any atom is -0.362 e. The van der Waals surface area contributed by atoms with E-state index >= 15 is 0 Å². The summed E-state index contributed by atoms with van der Waals surface area (Å²) in [5.41, 5.74) is 0.339. The van der Waals surface area contributed by atoms with Crippen molar-refractivity contribution >= 4 is 12.4 Å². The number of halogens is 1. The third-order valence-electron chi connectivity index (χ3n) is 2.49. The molecular formula is C9H18ClNO. The lowest BCUT2D eigenvalue weighted by Gasteiger charge is -2.35. The Labute approximate surface area is 80.5 Å². The number of rotatable bonds is 1. The fraction of sp³-hybridized carbons (Fsp3) is 1.00. The van der Waals surface area contributed by atoms with E-state index in [4.69, 9.17) is 4.74 Å². The van der Waals surface area contributed by atoms with Crippen molar-refractivity contribution in [2.75, 3.05) is 13.2 Å². The van der Waals surface area contributed by atoms with Crippen LogP contribution in [0.4, 0.5) is 0 Å². The first-order valence-electron chi connectivity index (χ1n) is 4.52. The van der Waals surface area contributed by atoms with Crippen LogP contribution in [0.1, 0.15) is 26.7 Å². The summed E-state index contributed by atoms with van der Waals surface area (Å²) < 4.78 is 5.71. The molecule has 1 atom stereocenters. The van der Waals surface area contributed by atoms with Crippen molar-refractivity contribution < 1.29 is 4.74 Å². The van der Waals surface area contributed by atoms with Crippen molar-refractivity contribution in [2.24, 2.45) is 11.3 Å². The van der Waals surface area contributed by atoms with Crippen LogP contribution in [0.15, 0.2) is 0 Å². The minimum absolute atomic E-state index is 0. The summed E-state index contributed by atoms with van der Waals surface area (Å²) in [5.74, 6) is 0.825. The van der Waals surface area contributed by atoms with E-state index in [0.29, 0.717) is 11.6 Å². The van der Waals surface area contributed by atoms with Crippen LogP contribution < -0.4 is 5.32 Å². The van der Waals surface area contributed by atoms with Crippen molar-refractivity contribution in [3.63, 3.8) is 0 Å². The molecule has 1 saturated heterocycles. The first-order valence-corrected chi connectivity index (χ1v) is 4.52. The van der Waals surface area contributed by atoms with Gasteiger partial charge in [-0.15, -0.1) is 12.4 Å². The molecule has 1 aliphatic carbocycles. The topological polar surface area (TPSA) is 21.3 Å². The van der Waals surface area contributed by atoms with E-state index in [2.05, 4.69) is 19.2 Å². The molecule has 0 amide bonds. The van der Waals surface area contributed by atoms with Gasteiger partial charge in [-0.3, -0.25) is 5.32 Å². The molecule has 1 aliphatic heterocycles. The maximum Gasteiger partial charge on any atom is 0.111 e. The number of hydrogen-bond acceptors (Lipinski definition) is 2. The van der Waals surface area contributed by atoms with Gasteiger partial charge >= 0.3 is 0 Å². The molecular weight excluding hydrogens is 174 g/mol. The summed E-state index contributed by atoms with van der Waals surface area (Å²) in [6.45, 7) is 6.50. The summed E-state index contributed by atoms with van der Waals surface area (Å²) in [6.07, 6.45) is 3.10. The van der Waals surface area contributed by atoms with Gasteiger partial charge in [-0.25, -0.2) is 0 Å². The molecule has 3 heteroatoms. The molecule has 0 aromatic rings. The number of nitrogens with one attached hydrogen (secondary N) is 1. The van der Waals surface area contributed by atoms with Crippen LogP contribution in [0.25, 0.3) is 0 Å². The largest absolute Gasteiger partial charge is 0.362 e. The van der Waals surface area contributed by atoms with Crippen LogP contribution >= 0.6 is 12.4 Å². The standard InChI is InChI=1S/C9H17NO.ClH/c1-9(2)5-10-8(11-6-9)7-3-4-7;/h7-8,10H,3-6H2,1-2H3;1H. The highest BCUT2D eigenvalue weighted by Crippen LogP contribution is 2.35. The Bertz CT molecular complexity index is 147. The molecule has 2 rings (SSSR count). The van der Waals surface area contributed by atoms with Crippen LogP contribution in [0.2, 0.25) is 0 Å². The third-order valence-corrected chi connectivity index (χ3v) is 2.49. The van der Waals surface area contributed by atoms with Gasteiger partial charge in [-0.05, 0) is 18.8 Å². The van der Waals surface area contributed by atoms with Crippen LogP contribution in [-0.4, -0.2) is 19.4 Å². The van der Waals surface area contributed by atoms with Crippen LogP contribution in [0, 0.1) is 11.3 Å². The monoisotopic (exact) mass is 191 g/mol. The molecule has 1 heterocycles.